The second kappa shape index (κ2) is 7.55. The lowest BCUT2D eigenvalue weighted by Crippen LogP contribution is -2.42. The first-order valence-electron chi connectivity index (χ1n) is 9.50. The maximum absolute atomic E-state index is 13.1. The topological polar surface area (TPSA) is 67.3 Å². The molecule has 5 nitrogen and oxygen atoms in total. The molecule has 1 amide bonds. The van der Waals surface area contributed by atoms with Crippen LogP contribution in [0.3, 0.4) is 0 Å². The van der Waals surface area contributed by atoms with Crippen molar-refractivity contribution in [1.29, 1.82) is 0 Å². The van der Waals surface area contributed by atoms with Crippen molar-refractivity contribution in [3.63, 3.8) is 0 Å². The molecule has 0 saturated carbocycles. The predicted molar refractivity (Wildman–Crippen MR) is 109 cm³/mol. The molecule has 0 aliphatic carbocycles. The molecule has 0 spiro atoms. The zero-order valence-electron chi connectivity index (χ0n) is 16.0. The van der Waals surface area contributed by atoms with Gasteiger partial charge in [-0.25, -0.2) is 12.8 Å². The molecule has 0 N–H and O–H groups in total. The number of amides is 1. The highest BCUT2D eigenvalue weighted by Gasteiger charge is 2.33. The van der Waals surface area contributed by atoms with Crippen molar-refractivity contribution in [2.75, 3.05) is 13.1 Å². The van der Waals surface area contributed by atoms with Crippen molar-refractivity contribution in [2.45, 2.75) is 29.9 Å². The number of fused-ring (bicyclic) bond motifs is 1. The van der Waals surface area contributed by atoms with E-state index in [1.807, 2.05) is 25.1 Å². The fourth-order valence-corrected chi connectivity index (χ4v) is 5.52. The van der Waals surface area contributed by atoms with Crippen LogP contribution in [0.15, 0.2) is 59.6 Å². The molecule has 7 heteroatoms. The number of likely N-dealkylation sites (tertiary alicyclic amines) is 1. The molecule has 1 fully saturated rings. The molecule has 0 bridgehead atoms. The number of benzene rings is 2. The van der Waals surface area contributed by atoms with Crippen LogP contribution in [0.4, 0.5) is 4.39 Å². The van der Waals surface area contributed by atoms with Gasteiger partial charge in [0.1, 0.15) is 5.82 Å². The number of aryl methyl sites for hydroxylation is 1. The first kappa shape index (κ1) is 19.5. The molecule has 0 unspecified atom stereocenters. The number of aromatic nitrogens is 1. The van der Waals surface area contributed by atoms with Crippen molar-refractivity contribution < 1.29 is 17.6 Å². The van der Waals surface area contributed by atoms with Crippen LogP contribution in [-0.2, 0) is 9.84 Å². The fraction of sp³-hybridized carbons (Fsp3) is 0.273. The molecule has 1 saturated heterocycles. The largest absolute Gasteiger partial charge is 0.339 e. The number of hydrogen-bond acceptors (Lipinski definition) is 4. The molecule has 4 rings (SSSR count). The zero-order valence-corrected chi connectivity index (χ0v) is 16.8. The molecule has 29 heavy (non-hydrogen) atoms. The number of pyridine rings is 1. The lowest BCUT2D eigenvalue weighted by Gasteiger charge is -2.32. The highest BCUT2D eigenvalue weighted by molar-refractivity contribution is 7.92. The van der Waals surface area contributed by atoms with Crippen molar-refractivity contribution in [1.82, 2.24) is 9.88 Å². The first-order chi connectivity index (χ1) is 13.9. The lowest BCUT2D eigenvalue weighted by molar-refractivity contribution is 0.0726. The van der Waals surface area contributed by atoms with Crippen molar-refractivity contribution >= 4 is 26.6 Å². The zero-order chi connectivity index (χ0) is 20.6. The van der Waals surface area contributed by atoms with E-state index >= 15 is 0 Å². The molecule has 0 atom stereocenters. The van der Waals surface area contributed by atoms with Gasteiger partial charge >= 0.3 is 0 Å². The van der Waals surface area contributed by atoms with Gasteiger partial charge in [-0.15, -0.1) is 0 Å². The average molecular weight is 412 g/mol. The summed E-state index contributed by atoms with van der Waals surface area (Å²) in [6.07, 6.45) is 2.46. The van der Waals surface area contributed by atoms with E-state index in [-0.39, 0.29) is 10.8 Å². The first-order valence-corrected chi connectivity index (χ1v) is 11.0. The van der Waals surface area contributed by atoms with E-state index in [2.05, 4.69) is 4.98 Å². The molecular weight excluding hydrogens is 391 g/mol. The summed E-state index contributed by atoms with van der Waals surface area (Å²) in [6.45, 7) is 2.71. The third-order valence-corrected chi connectivity index (χ3v) is 7.80. The smallest absolute Gasteiger partial charge is 0.253 e. The van der Waals surface area contributed by atoms with Gasteiger partial charge in [-0.05, 0) is 73.9 Å². The summed E-state index contributed by atoms with van der Waals surface area (Å²) >= 11 is 0. The van der Waals surface area contributed by atoms with Crippen molar-refractivity contribution in [2.24, 2.45) is 0 Å². The van der Waals surface area contributed by atoms with Crippen LogP contribution in [-0.4, -0.2) is 42.5 Å². The Balaban J connectivity index is 1.49. The maximum Gasteiger partial charge on any atom is 0.253 e. The van der Waals surface area contributed by atoms with Crippen molar-refractivity contribution in [3.8, 4) is 0 Å². The summed E-state index contributed by atoms with van der Waals surface area (Å²) in [7, 11) is -3.54. The Hall–Kier alpha value is -2.80. The van der Waals surface area contributed by atoms with Crippen LogP contribution in [0.2, 0.25) is 0 Å². The Labute approximate surface area is 169 Å². The van der Waals surface area contributed by atoms with E-state index in [9.17, 15) is 17.6 Å². The Morgan fingerprint density at radius 3 is 2.45 bits per heavy atom. The quantitative estimate of drug-likeness (QED) is 0.615. The van der Waals surface area contributed by atoms with Crippen LogP contribution in [0.5, 0.6) is 0 Å². The number of sulfone groups is 1. The second-order valence-electron chi connectivity index (χ2n) is 7.35. The van der Waals surface area contributed by atoms with Gasteiger partial charge in [0.2, 0.25) is 0 Å². The number of halogens is 1. The van der Waals surface area contributed by atoms with Gasteiger partial charge in [-0.2, -0.15) is 0 Å². The SMILES string of the molecule is Cc1ccnc2ccc(C(=O)N3CCC(S(=O)(=O)c4ccc(F)cc4)CC3)cc12. The molecule has 2 aromatic carbocycles. The maximum atomic E-state index is 13.1. The van der Waals surface area contributed by atoms with Crippen molar-refractivity contribution in [3.05, 3.63) is 71.7 Å². The number of carbonyl (C=O) groups excluding carboxylic acids is 1. The summed E-state index contributed by atoms with van der Waals surface area (Å²) in [4.78, 5) is 19.1. The summed E-state index contributed by atoms with van der Waals surface area (Å²) in [5, 5.41) is 0.368. The summed E-state index contributed by atoms with van der Waals surface area (Å²) < 4.78 is 38.7. The number of hydrogen-bond donors (Lipinski definition) is 0. The Bertz CT molecular complexity index is 1170. The Morgan fingerprint density at radius 1 is 1.07 bits per heavy atom. The monoisotopic (exact) mass is 412 g/mol. The summed E-state index contributed by atoms with van der Waals surface area (Å²) in [6, 6.07) is 12.3. The second-order valence-corrected chi connectivity index (χ2v) is 9.58. The highest BCUT2D eigenvalue weighted by atomic mass is 32.2. The molecule has 1 aliphatic rings. The summed E-state index contributed by atoms with van der Waals surface area (Å²) in [5.74, 6) is -0.571. The predicted octanol–water partition coefficient (Wildman–Crippen LogP) is 3.76. The average Bonchev–Trinajstić information content (AvgIpc) is 2.74. The van der Waals surface area contributed by atoms with E-state index in [0.29, 0.717) is 31.5 Å². The van der Waals surface area contributed by atoms with Crippen LogP contribution < -0.4 is 0 Å². The number of piperidine rings is 1. The van der Waals surface area contributed by atoms with E-state index < -0.39 is 20.9 Å². The minimum absolute atomic E-state index is 0.104. The molecule has 0 radical (unpaired) electrons. The lowest BCUT2D eigenvalue weighted by atomic mass is 10.0. The minimum Gasteiger partial charge on any atom is -0.339 e. The van der Waals surface area contributed by atoms with Gasteiger partial charge in [-0.3, -0.25) is 9.78 Å². The Kier molecular flexibility index (Phi) is 5.08. The Morgan fingerprint density at radius 2 is 1.76 bits per heavy atom. The molecule has 3 aromatic rings. The van der Waals surface area contributed by atoms with Crippen LogP contribution in [0.1, 0.15) is 28.8 Å². The van der Waals surface area contributed by atoms with Gasteiger partial charge in [0.05, 0.1) is 15.7 Å². The summed E-state index contributed by atoms with van der Waals surface area (Å²) in [5.41, 5.74) is 2.47. The van der Waals surface area contributed by atoms with Crippen LogP contribution in [0, 0.1) is 12.7 Å². The minimum atomic E-state index is -3.54. The van der Waals surface area contributed by atoms with E-state index in [1.165, 1.54) is 12.1 Å². The standard InChI is InChI=1S/C22H21FN2O3S/c1-15-8-11-24-21-7-2-16(14-20(15)21)22(26)25-12-9-19(10-13-25)29(27,28)18-5-3-17(23)4-6-18/h2-8,11,14,19H,9-10,12-13H2,1H3. The van der Waals surface area contributed by atoms with Gasteiger partial charge in [0.15, 0.2) is 9.84 Å². The number of rotatable bonds is 3. The molecule has 1 aromatic heterocycles. The normalized spacial score (nSPS) is 15.6. The molecule has 1 aliphatic heterocycles. The van der Waals surface area contributed by atoms with E-state index in [0.717, 1.165) is 28.6 Å². The molecule has 150 valence electrons. The van der Waals surface area contributed by atoms with Gasteiger partial charge in [-0.1, -0.05) is 0 Å². The van der Waals surface area contributed by atoms with Gasteiger partial charge in [0.25, 0.3) is 5.91 Å². The van der Waals surface area contributed by atoms with Crippen LogP contribution in [0.25, 0.3) is 10.9 Å². The fourth-order valence-electron chi connectivity index (χ4n) is 3.79. The third kappa shape index (κ3) is 3.74. The van der Waals surface area contributed by atoms with Gasteiger partial charge < -0.3 is 4.90 Å². The molecular formula is C22H21FN2O3S. The molecule has 2 heterocycles. The highest BCUT2D eigenvalue weighted by Crippen LogP contribution is 2.26. The van der Waals surface area contributed by atoms with Gasteiger partial charge in [0, 0.05) is 30.2 Å². The number of nitrogens with zero attached hydrogens (tertiary/aromatic N) is 2. The third-order valence-electron chi connectivity index (χ3n) is 5.52. The van der Waals surface area contributed by atoms with E-state index in [4.69, 9.17) is 0 Å². The number of carbonyl (C=O) groups is 1. The van der Waals surface area contributed by atoms with E-state index in [1.54, 1.807) is 17.2 Å². The van der Waals surface area contributed by atoms with Crippen LogP contribution >= 0.6 is 0 Å².